The molecule has 0 aromatic rings. The predicted octanol–water partition coefficient (Wildman–Crippen LogP) is 23.6. The minimum absolute atomic E-state index is 0.108. The lowest BCUT2D eigenvalue weighted by atomic mass is 10.0. The van der Waals surface area contributed by atoms with Gasteiger partial charge in [0.25, 0.3) is 0 Å². The van der Waals surface area contributed by atoms with Crippen molar-refractivity contribution in [1.29, 1.82) is 0 Å². The van der Waals surface area contributed by atoms with Gasteiger partial charge in [-0.2, -0.15) is 0 Å². The van der Waals surface area contributed by atoms with Crippen LogP contribution in [0.2, 0.25) is 0 Å². The monoisotopic (exact) mass is 1440 g/mol. The van der Waals surface area contributed by atoms with Crippen molar-refractivity contribution in [3.8, 4) is 0 Å². The Morgan fingerprint density at radius 3 is 0.694 bits per heavy atom. The molecule has 0 aliphatic carbocycles. The summed E-state index contributed by atoms with van der Waals surface area (Å²) in [6.45, 7) is 7.24. The van der Waals surface area contributed by atoms with E-state index >= 15 is 0 Å². The molecule has 2 unspecified atom stereocenters. The molecule has 0 bridgehead atoms. The summed E-state index contributed by atoms with van der Waals surface area (Å²) in [4.78, 5) is 72.9. The first kappa shape index (κ1) is 96.1. The van der Waals surface area contributed by atoms with E-state index in [-0.39, 0.29) is 25.7 Å². The van der Waals surface area contributed by atoms with Crippen molar-refractivity contribution < 1.29 is 80.2 Å². The molecule has 0 amide bonds. The maximum absolute atomic E-state index is 13.1. The van der Waals surface area contributed by atoms with Crippen LogP contribution in [0.1, 0.15) is 420 Å². The molecule has 0 rings (SSSR count). The third kappa shape index (κ3) is 72.4. The number of phosphoric ester groups is 2. The van der Waals surface area contributed by atoms with Crippen LogP contribution in [-0.4, -0.2) is 96.7 Å². The Morgan fingerprint density at radius 1 is 0.276 bits per heavy atom. The second-order valence-corrected chi connectivity index (χ2v) is 31.8. The van der Waals surface area contributed by atoms with E-state index < -0.39 is 97.5 Å². The topological polar surface area (TPSA) is 237 Å². The Bertz CT molecular complexity index is 1870. The molecule has 0 aliphatic heterocycles. The van der Waals surface area contributed by atoms with E-state index in [1.807, 2.05) is 0 Å². The van der Waals surface area contributed by atoms with Gasteiger partial charge in [0.1, 0.15) is 19.3 Å². The number of ether oxygens (including phenoxy) is 4. The molecule has 0 aromatic heterocycles. The average molecular weight is 1440 g/mol. The number of phosphoric acid groups is 2. The lowest BCUT2D eigenvalue weighted by Crippen LogP contribution is -2.30. The number of aliphatic hydroxyl groups excluding tert-OH is 1. The fourth-order valence-electron chi connectivity index (χ4n) is 12.2. The molecule has 0 aliphatic rings. The zero-order valence-electron chi connectivity index (χ0n) is 63.9. The highest BCUT2D eigenvalue weighted by Gasteiger charge is 2.30. The van der Waals surface area contributed by atoms with E-state index in [2.05, 4.69) is 34.6 Å². The number of hydrogen-bond donors (Lipinski definition) is 3. The molecule has 0 aromatic carbocycles. The van der Waals surface area contributed by atoms with E-state index in [0.717, 1.165) is 96.3 Å². The van der Waals surface area contributed by atoms with Gasteiger partial charge in [-0.1, -0.05) is 369 Å². The largest absolute Gasteiger partial charge is 0.472 e. The standard InChI is InChI=1S/C79H154O17P2/c1-6-9-12-15-18-21-24-27-30-33-36-39-42-45-48-55-60-64-78(83)95-74(68-89-76(81)62-57-52-46-43-40-37-34-31-28-25-22-19-16-13-10-7-2)70-93-97(85,86)91-66-73(80)67-92-98(87,88)94-71-75(69-90-77(82)63-58-53-50-49-51-56-61-72(4)5)96-79(84)65-59-54-47-44-41-38-35-32-29-26-23-20-17-14-11-8-3/h72-75,80H,6-71H2,1-5H3,(H,85,86)(H,87,88)/t73-,74-,75-/m1/s1. The summed E-state index contributed by atoms with van der Waals surface area (Å²) >= 11 is 0. The lowest BCUT2D eigenvalue weighted by molar-refractivity contribution is -0.161. The maximum Gasteiger partial charge on any atom is 0.472 e. The predicted molar refractivity (Wildman–Crippen MR) is 400 cm³/mol. The number of carbonyl (C=O) groups is 4. The lowest BCUT2D eigenvalue weighted by Gasteiger charge is -2.21. The number of hydrogen-bond acceptors (Lipinski definition) is 15. The van der Waals surface area contributed by atoms with Crippen LogP contribution in [0.4, 0.5) is 0 Å². The summed E-state index contributed by atoms with van der Waals surface area (Å²) < 4.78 is 68.6. The van der Waals surface area contributed by atoms with Crippen LogP contribution in [0.25, 0.3) is 0 Å². The van der Waals surface area contributed by atoms with Crippen molar-refractivity contribution in [2.45, 2.75) is 438 Å². The number of esters is 4. The molecule has 0 radical (unpaired) electrons. The zero-order valence-corrected chi connectivity index (χ0v) is 65.7. The fourth-order valence-corrected chi connectivity index (χ4v) is 13.8. The number of aliphatic hydroxyl groups is 1. The Balaban J connectivity index is 5.23. The summed E-state index contributed by atoms with van der Waals surface area (Å²) in [7, 11) is -9.91. The molecule has 0 heterocycles. The first-order valence-corrected chi connectivity index (χ1v) is 44.1. The van der Waals surface area contributed by atoms with Gasteiger partial charge in [0, 0.05) is 25.7 Å². The molecule has 0 spiro atoms. The highest BCUT2D eigenvalue weighted by atomic mass is 31.2. The van der Waals surface area contributed by atoms with Gasteiger partial charge in [0.15, 0.2) is 12.2 Å². The van der Waals surface area contributed by atoms with Crippen molar-refractivity contribution in [1.82, 2.24) is 0 Å². The van der Waals surface area contributed by atoms with Gasteiger partial charge in [-0.25, -0.2) is 9.13 Å². The molecule has 3 N–H and O–H groups in total. The van der Waals surface area contributed by atoms with E-state index in [1.165, 1.54) is 238 Å². The second kappa shape index (κ2) is 72.0. The van der Waals surface area contributed by atoms with E-state index in [4.69, 9.17) is 37.0 Å². The molecule has 5 atom stereocenters. The molecule has 0 fully saturated rings. The summed E-state index contributed by atoms with van der Waals surface area (Å²) in [5, 5.41) is 10.6. The van der Waals surface area contributed by atoms with E-state index in [1.54, 1.807) is 0 Å². The third-order valence-corrected chi connectivity index (χ3v) is 20.4. The molecule has 0 saturated carbocycles. The molecule has 98 heavy (non-hydrogen) atoms. The molecular formula is C79H154O17P2. The Labute approximate surface area is 600 Å². The van der Waals surface area contributed by atoms with Crippen LogP contribution in [0, 0.1) is 5.92 Å². The molecule has 17 nitrogen and oxygen atoms in total. The van der Waals surface area contributed by atoms with E-state index in [0.29, 0.717) is 31.6 Å². The number of carbonyl (C=O) groups excluding carboxylic acids is 4. The van der Waals surface area contributed by atoms with Crippen LogP contribution in [0.5, 0.6) is 0 Å². The number of rotatable bonds is 79. The van der Waals surface area contributed by atoms with Crippen LogP contribution in [-0.2, 0) is 65.4 Å². The van der Waals surface area contributed by atoms with Crippen LogP contribution >= 0.6 is 15.6 Å². The van der Waals surface area contributed by atoms with Crippen molar-refractivity contribution in [3.63, 3.8) is 0 Å². The summed E-state index contributed by atoms with van der Waals surface area (Å²) in [5.41, 5.74) is 0. The molecule has 0 saturated heterocycles. The van der Waals surface area contributed by atoms with Crippen molar-refractivity contribution in [3.05, 3.63) is 0 Å². The minimum atomic E-state index is -4.96. The van der Waals surface area contributed by atoms with Gasteiger partial charge >= 0.3 is 39.5 Å². The summed E-state index contributed by atoms with van der Waals surface area (Å²) in [6, 6.07) is 0. The molecule has 19 heteroatoms. The van der Waals surface area contributed by atoms with Gasteiger partial charge in [-0.15, -0.1) is 0 Å². The SMILES string of the molecule is CCCCCCCCCCCCCCCCCCCC(=O)O[C@H](COC(=O)CCCCCCCCCCCCCCCCCC)COP(=O)(O)OC[C@@H](O)COP(=O)(O)OC[C@@H](COC(=O)CCCCCCCCC(C)C)OC(=O)CCCCCCCCCCCCCCCCCC. The number of unbranched alkanes of at least 4 members (excludes halogenated alkanes) is 51. The summed E-state index contributed by atoms with van der Waals surface area (Å²) in [5.74, 6) is -1.43. The van der Waals surface area contributed by atoms with E-state index in [9.17, 15) is 43.2 Å². The van der Waals surface area contributed by atoms with Gasteiger partial charge < -0.3 is 33.8 Å². The quantitative estimate of drug-likeness (QED) is 0.0222. The highest BCUT2D eigenvalue weighted by Crippen LogP contribution is 2.45. The second-order valence-electron chi connectivity index (χ2n) is 28.9. The fraction of sp³-hybridized carbons (Fsp3) is 0.949. The first-order valence-electron chi connectivity index (χ1n) is 41.1. The highest BCUT2D eigenvalue weighted by molar-refractivity contribution is 7.47. The van der Waals surface area contributed by atoms with Gasteiger partial charge in [-0.05, 0) is 31.6 Å². The van der Waals surface area contributed by atoms with Crippen molar-refractivity contribution >= 4 is 39.5 Å². The Kier molecular flexibility index (Phi) is 70.6. The first-order chi connectivity index (χ1) is 47.5. The van der Waals surface area contributed by atoms with Gasteiger partial charge in [-0.3, -0.25) is 37.3 Å². The smallest absolute Gasteiger partial charge is 0.462 e. The zero-order chi connectivity index (χ0) is 71.9. The van der Waals surface area contributed by atoms with Gasteiger partial charge in [0.2, 0.25) is 0 Å². The van der Waals surface area contributed by atoms with Crippen LogP contribution in [0.15, 0.2) is 0 Å². The molecular weight excluding hydrogens is 1280 g/mol. The molecule has 582 valence electrons. The Hall–Kier alpha value is -1.94. The van der Waals surface area contributed by atoms with Crippen LogP contribution in [0.3, 0.4) is 0 Å². The minimum Gasteiger partial charge on any atom is -0.462 e. The normalized spacial score (nSPS) is 13.9. The van der Waals surface area contributed by atoms with Crippen LogP contribution < -0.4 is 0 Å². The third-order valence-electron chi connectivity index (χ3n) is 18.5. The van der Waals surface area contributed by atoms with Crippen molar-refractivity contribution in [2.75, 3.05) is 39.6 Å². The van der Waals surface area contributed by atoms with Gasteiger partial charge in [0.05, 0.1) is 26.4 Å². The summed E-state index contributed by atoms with van der Waals surface area (Å²) in [6.07, 6.45) is 62.5. The maximum atomic E-state index is 13.1. The van der Waals surface area contributed by atoms with Crippen molar-refractivity contribution in [2.24, 2.45) is 5.92 Å². The average Bonchev–Trinajstić information content (AvgIpc) is 1.94. The Morgan fingerprint density at radius 2 is 0.469 bits per heavy atom.